The molecule has 0 aliphatic carbocycles. The van der Waals surface area contributed by atoms with Crippen molar-refractivity contribution in [1.29, 1.82) is 0 Å². The molecule has 0 unspecified atom stereocenters. The van der Waals surface area contributed by atoms with E-state index in [2.05, 4.69) is 191 Å². The van der Waals surface area contributed by atoms with E-state index in [4.69, 9.17) is 15.0 Å². The number of nitrogens with zero attached hydrogens (tertiary/aromatic N) is 5. The molecule has 0 saturated carbocycles. The summed E-state index contributed by atoms with van der Waals surface area (Å²) in [6.45, 7) is 0. The monoisotopic (exact) mass is 717 g/mol. The lowest BCUT2D eigenvalue weighted by atomic mass is 9.98. The Kier molecular flexibility index (Phi) is 8.43. The Balaban J connectivity index is 1.16. The lowest BCUT2D eigenvalue weighted by Crippen LogP contribution is -2.09. The molecule has 0 atom stereocenters. The number of hydrogen-bond donors (Lipinski definition) is 0. The van der Waals surface area contributed by atoms with Crippen LogP contribution in [0.15, 0.2) is 212 Å². The number of aromatic nitrogens is 4. The molecule has 56 heavy (non-hydrogen) atoms. The molecule has 0 bridgehead atoms. The van der Waals surface area contributed by atoms with E-state index >= 15 is 0 Å². The highest BCUT2D eigenvalue weighted by atomic mass is 15.2. The van der Waals surface area contributed by atoms with Crippen molar-refractivity contribution in [2.45, 2.75) is 0 Å². The van der Waals surface area contributed by atoms with E-state index in [1.165, 1.54) is 0 Å². The zero-order chi connectivity index (χ0) is 37.3. The second-order valence-electron chi connectivity index (χ2n) is 13.7. The molecule has 10 rings (SSSR count). The van der Waals surface area contributed by atoms with E-state index in [1.807, 2.05) is 30.3 Å². The van der Waals surface area contributed by atoms with Crippen LogP contribution in [0.2, 0.25) is 0 Å². The van der Waals surface area contributed by atoms with Crippen LogP contribution in [0, 0.1) is 0 Å². The third kappa shape index (κ3) is 5.98. The van der Waals surface area contributed by atoms with Gasteiger partial charge in [-0.05, 0) is 59.2 Å². The highest BCUT2D eigenvalue weighted by Crippen LogP contribution is 2.40. The lowest BCUT2D eigenvalue weighted by molar-refractivity contribution is 0.954. The molecule has 264 valence electrons. The van der Waals surface area contributed by atoms with Crippen LogP contribution in [-0.4, -0.2) is 19.5 Å². The van der Waals surface area contributed by atoms with Gasteiger partial charge in [0.15, 0.2) is 11.6 Å². The first-order chi connectivity index (χ1) is 27.8. The summed E-state index contributed by atoms with van der Waals surface area (Å²) in [5, 5.41) is 2.29. The smallest absolute Gasteiger partial charge is 0.238 e. The van der Waals surface area contributed by atoms with Gasteiger partial charge in [0.05, 0.1) is 11.0 Å². The highest BCUT2D eigenvalue weighted by Gasteiger charge is 2.21. The van der Waals surface area contributed by atoms with E-state index in [0.717, 1.165) is 72.2 Å². The zero-order valence-corrected chi connectivity index (χ0v) is 30.4. The van der Waals surface area contributed by atoms with Crippen molar-refractivity contribution >= 4 is 38.9 Å². The van der Waals surface area contributed by atoms with Crippen molar-refractivity contribution in [1.82, 2.24) is 19.5 Å². The largest absolute Gasteiger partial charge is 0.311 e. The summed E-state index contributed by atoms with van der Waals surface area (Å²) in [7, 11) is 0. The number of benzene rings is 8. The van der Waals surface area contributed by atoms with Gasteiger partial charge in [-0.15, -0.1) is 0 Å². The molecule has 0 radical (unpaired) electrons. The van der Waals surface area contributed by atoms with Gasteiger partial charge < -0.3 is 4.90 Å². The Bertz CT molecular complexity index is 2900. The first kappa shape index (κ1) is 33.0. The Morgan fingerprint density at radius 3 is 1.48 bits per heavy atom. The van der Waals surface area contributed by atoms with Crippen LogP contribution in [0.4, 0.5) is 17.1 Å². The number of para-hydroxylation sites is 4. The molecule has 2 aromatic heterocycles. The van der Waals surface area contributed by atoms with Crippen LogP contribution in [0.25, 0.3) is 72.8 Å². The van der Waals surface area contributed by atoms with Gasteiger partial charge in [0.2, 0.25) is 5.95 Å². The SMILES string of the molecule is c1ccc(-c2nc(-c3ccccc3-c3ccc(N(c4ccccc4)c4ccccc4)cc3)nc(-n3c4ccccc4c4cccc(-c5ccccc5)c43)n2)cc1. The predicted octanol–water partition coefficient (Wildman–Crippen LogP) is 13.1. The number of rotatable bonds is 8. The summed E-state index contributed by atoms with van der Waals surface area (Å²) in [5.41, 5.74) is 11.5. The van der Waals surface area contributed by atoms with Crippen molar-refractivity contribution in [3.63, 3.8) is 0 Å². The van der Waals surface area contributed by atoms with Gasteiger partial charge in [-0.1, -0.05) is 170 Å². The minimum Gasteiger partial charge on any atom is -0.311 e. The molecule has 8 aromatic carbocycles. The molecule has 0 fully saturated rings. The topological polar surface area (TPSA) is 46.8 Å². The van der Waals surface area contributed by atoms with Crippen LogP contribution < -0.4 is 4.90 Å². The minimum absolute atomic E-state index is 0.565. The quantitative estimate of drug-likeness (QED) is 0.157. The third-order valence-corrected chi connectivity index (χ3v) is 10.3. The zero-order valence-electron chi connectivity index (χ0n) is 30.4. The summed E-state index contributed by atoms with van der Waals surface area (Å²) in [5.74, 6) is 1.78. The first-order valence-electron chi connectivity index (χ1n) is 18.8. The molecule has 2 heterocycles. The molecule has 10 aromatic rings. The highest BCUT2D eigenvalue weighted by molar-refractivity contribution is 6.13. The van der Waals surface area contributed by atoms with Crippen molar-refractivity contribution in [2.24, 2.45) is 0 Å². The average Bonchev–Trinajstić information content (AvgIpc) is 3.63. The Morgan fingerprint density at radius 1 is 0.321 bits per heavy atom. The van der Waals surface area contributed by atoms with Crippen molar-refractivity contribution < 1.29 is 0 Å². The second-order valence-corrected chi connectivity index (χ2v) is 13.7. The second kappa shape index (κ2) is 14.3. The van der Waals surface area contributed by atoms with Gasteiger partial charge in [-0.25, -0.2) is 4.98 Å². The summed E-state index contributed by atoms with van der Waals surface area (Å²) < 4.78 is 2.21. The molecular weight excluding hydrogens is 683 g/mol. The Labute approximate surface area is 325 Å². The van der Waals surface area contributed by atoms with Crippen LogP contribution in [0.1, 0.15) is 0 Å². The molecule has 0 amide bonds. The molecule has 0 aliphatic heterocycles. The third-order valence-electron chi connectivity index (χ3n) is 10.3. The summed E-state index contributed by atoms with van der Waals surface area (Å²) >= 11 is 0. The maximum absolute atomic E-state index is 5.35. The maximum Gasteiger partial charge on any atom is 0.238 e. The normalized spacial score (nSPS) is 11.2. The summed E-state index contributed by atoms with van der Waals surface area (Å²) in [6.07, 6.45) is 0. The molecule has 0 N–H and O–H groups in total. The molecule has 5 nitrogen and oxygen atoms in total. The van der Waals surface area contributed by atoms with E-state index in [0.29, 0.717) is 17.6 Å². The predicted molar refractivity (Wildman–Crippen MR) is 231 cm³/mol. The van der Waals surface area contributed by atoms with Crippen molar-refractivity contribution in [2.75, 3.05) is 4.90 Å². The van der Waals surface area contributed by atoms with Gasteiger partial charge in [0.1, 0.15) is 0 Å². The first-order valence-corrected chi connectivity index (χ1v) is 18.8. The lowest BCUT2D eigenvalue weighted by Gasteiger charge is -2.25. The van der Waals surface area contributed by atoms with Crippen LogP contribution in [0.3, 0.4) is 0 Å². The standard InChI is InChI=1S/C51H35N5/c1-5-18-36(19-6-1)43-29-17-30-45-44-27-15-16-31-47(44)56(48(43)45)51-53-49(38-20-7-2-8-21-38)52-50(54-51)46-28-14-13-26-42(46)37-32-34-41(35-33-37)55(39-22-9-3-10-23-39)40-24-11-4-12-25-40/h1-35H. The van der Waals surface area contributed by atoms with Gasteiger partial charge in [-0.2, -0.15) is 9.97 Å². The van der Waals surface area contributed by atoms with Gasteiger partial charge in [0, 0.05) is 44.5 Å². The fourth-order valence-corrected chi connectivity index (χ4v) is 7.70. The minimum atomic E-state index is 0.565. The molecule has 5 heteroatoms. The molecule has 0 saturated heterocycles. The van der Waals surface area contributed by atoms with Crippen molar-refractivity contribution in [3.8, 4) is 51.0 Å². The Morgan fingerprint density at radius 2 is 0.804 bits per heavy atom. The van der Waals surface area contributed by atoms with E-state index in [9.17, 15) is 0 Å². The van der Waals surface area contributed by atoms with E-state index in [-0.39, 0.29) is 0 Å². The van der Waals surface area contributed by atoms with Crippen LogP contribution in [-0.2, 0) is 0 Å². The van der Waals surface area contributed by atoms with Crippen molar-refractivity contribution in [3.05, 3.63) is 212 Å². The molecule has 0 spiro atoms. The van der Waals surface area contributed by atoms with Crippen LogP contribution >= 0.6 is 0 Å². The van der Waals surface area contributed by atoms with Gasteiger partial charge in [0.25, 0.3) is 0 Å². The molecular formula is C51H35N5. The van der Waals surface area contributed by atoms with E-state index in [1.54, 1.807) is 0 Å². The summed E-state index contributed by atoms with van der Waals surface area (Å²) in [6, 6.07) is 73.8. The maximum atomic E-state index is 5.35. The molecule has 0 aliphatic rings. The summed E-state index contributed by atoms with van der Waals surface area (Å²) in [4.78, 5) is 18.0. The average molecular weight is 718 g/mol. The number of fused-ring (bicyclic) bond motifs is 3. The number of hydrogen-bond acceptors (Lipinski definition) is 4. The van der Waals surface area contributed by atoms with E-state index < -0.39 is 0 Å². The Hall–Kier alpha value is -7.63. The fourth-order valence-electron chi connectivity index (χ4n) is 7.70. The van der Waals surface area contributed by atoms with Gasteiger partial charge >= 0.3 is 0 Å². The fraction of sp³-hybridized carbons (Fsp3) is 0. The van der Waals surface area contributed by atoms with Crippen LogP contribution in [0.5, 0.6) is 0 Å². The number of anilines is 3. The van der Waals surface area contributed by atoms with Gasteiger partial charge in [-0.3, -0.25) is 4.57 Å².